The third-order valence-electron chi connectivity index (χ3n) is 4.60. The van der Waals surface area contributed by atoms with Gasteiger partial charge in [0.2, 0.25) is 0 Å². The van der Waals surface area contributed by atoms with E-state index >= 15 is 0 Å². The molecule has 26 heavy (non-hydrogen) atoms. The summed E-state index contributed by atoms with van der Waals surface area (Å²) in [5, 5.41) is 3.53. The second-order valence-corrected chi connectivity index (χ2v) is 6.77. The van der Waals surface area contributed by atoms with E-state index in [1.54, 1.807) is 12.3 Å². The fourth-order valence-electron chi connectivity index (χ4n) is 3.34. The van der Waals surface area contributed by atoms with E-state index in [1.807, 2.05) is 56.3 Å². The van der Waals surface area contributed by atoms with Gasteiger partial charge in [0.25, 0.3) is 0 Å². The molecule has 0 spiro atoms. The van der Waals surface area contributed by atoms with Gasteiger partial charge in [0, 0.05) is 21.4 Å². The van der Waals surface area contributed by atoms with E-state index in [0.29, 0.717) is 10.8 Å². The van der Waals surface area contributed by atoms with E-state index in [0.717, 1.165) is 38.4 Å². The first kappa shape index (κ1) is 16.7. The van der Waals surface area contributed by atoms with Crippen molar-refractivity contribution in [1.29, 1.82) is 0 Å². The van der Waals surface area contributed by atoms with Crippen LogP contribution in [0.2, 0.25) is 5.02 Å². The molecule has 0 saturated heterocycles. The average Bonchev–Trinajstić information content (AvgIpc) is 3.02. The summed E-state index contributed by atoms with van der Waals surface area (Å²) in [6.07, 6.45) is 1.73. The minimum absolute atomic E-state index is 0.121. The summed E-state index contributed by atoms with van der Waals surface area (Å²) in [5.74, 6) is 0.228. The number of benzene rings is 3. The van der Waals surface area contributed by atoms with E-state index < -0.39 is 0 Å². The number of ether oxygens (including phenoxy) is 1. The highest BCUT2D eigenvalue weighted by molar-refractivity contribution is 6.33. The number of hydrogen-bond donors (Lipinski definition) is 0. The monoisotopic (exact) mass is 364 g/mol. The normalized spacial score (nSPS) is 11.2. The Labute approximate surface area is 156 Å². The zero-order valence-electron chi connectivity index (χ0n) is 14.5. The summed E-state index contributed by atoms with van der Waals surface area (Å²) in [5.41, 5.74) is 3.39. The molecule has 0 saturated carbocycles. The number of esters is 1. The van der Waals surface area contributed by atoms with Crippen molar-refractivity contribution in [3.8, 4) is 5.75 Å². The molecule has 1 heterocycles. The van der Waals surface area contributed by atoms with E-state index in [9.17, 15) is 4.79 Å². The van der Waals surface area contributed by atoms with Gasteiger partial charge in [0.15, 0.2) is 0 Å². The van der Waals surface area contributed by atoms with Crippen LogP contribution < -0.4 is 4.74 Å². The molecule has 0 atom stereocenters. The second-order valence-electron chi connectivity index (χ2n) is 6.39. The zero-order valence-corrected chi connectivity index (χ0v) is 15.3. The van der Waals surface area contributed by atoms with Gasteiger partial charge in [-0.2, -0.15) is 0 Å². The fourth-order valence-corrected chi connectivity index (χ4v) is 3.49. The first-order chi connectivity index (χ1) is 12.5. The minimum Gasteiger partial charge on any atom is -0.464 e. The molecule has 1 aromatic heterocycles. The number of halogens is 1. The van der Waals surface area contributed by atoms with Crippen LogP contribution in [0.3, 0.4) is 0 Å². The number of carbonyl (C=O) groups excluding carboxylic acids is 1. The van der Waals surface area contributed by atoms with Gasteiger partial charge in [-0.15, -0.1) is 0 Å². The maximum absolute atomic E-state index is 12.5. The highest BCUT2D eigenvalue weighted by Gasteiger charge is 2.17. The Morgan fingerprint density at radius 1 is 1.12 bits per heavy atom. The lowest BCUT2D eigenvalue weighted by Crippen LogP contribution is -2.11. The smallest absolute Gasteiger partial charge is 0.315 e. The van der Waals surface area contributed by atoms with Crippen LogP contribution in [0.15, 0.2) is 59.2 Å². The molecule has 0 aliphatic rings. The summed E-state index contributed by atoms with van der Waals surface area (Å²) in [6, 6.07) is 15.4. The summed E-state index contributed by atoms with van der Waals surface area (Å²) in [4.78, 5) is 12.5. The SMILES string of the molecule is Cc1cc2occ(CC(=O)Oc3cccc4ccccc34)c2c(C)c1Cl. The Balaban J connectivity index is 1.65. The first-order valence-corrected chi connectivity index (χ1v) is 8.76. The van der Waals surface area contributed by atoms with Crippen LogP contribution in [0.5, 0.6) is 5.75 Å². The third-order valence-corrected chi connectivity index (χ3v) is 5.18. The summed E-state index contributed by atoms with van der Waals surface area (Å²) in [7, 11) is 0. The van der Waals surface area contributed by atoms with Crippen molar-refractivity contribution >= 4 is 39.3 Å². The van der Waals surface area contributed by atoms with Gasteiger partial charge >= 0.3 is 5.97 Å². The summed E-state index contributed by atoms with van der Waals surface area (Å²) in [6.45, 7) is 3.87. The largest absolute Gasteiger partial charge is 0.464 e. The van der Waals surface area contributed by atoms with Crippen molar-refractivity contribution in [2.45, 2.75) is 20.3 Å². The number of hydrogen-bond acceptors (Lipinski definition) is 3. The maximum Gasteiger partial charge on any atom is 0.315 e. The Bertz CT molecular complexity index is 1140. The lowest BCUT2D eigenvalue weighted by atomic mass is 10.0. The Hall–Kier alpha value is -2.78. The number of carbonyl (C=O) groups is 1. The van der Waals surface area contributed by atoms with E-state index in [1.165, 1.54) is 0 Å². The number of furan rings is 1. The standard InChI is InChI=1S/C22H17ClO3/c1-13-10-19-21(14(2)22(13)23)16(12-25-19)11-20(24)26-18-9-5-7-15-6-3-4-8-17(15)18/h3-10,12H,11H2,1-2H3. The van der Waals surface area contributed by atoms with Crippen molar-refractivity contribution in [1.82, 2.24) is 0 Å². The average molecular weight is 365 g/mol. The topological polar surface area (TPSA) is 39.4 Å². The number of aryl methyl sites for hydroxylation is 2. The molecule has 4 rings (SSSR count). The molecule has 0 fully saturated rings. The predicted molar refractivity (Wildman–Crippen MR) is 104 cm³/mol. The van der Waals surface area contributed by atoms with E-state index in [-0.39, 0.29) is 12.4 Å². The molecule has 130 valence electrons. The van der Waals surface area contributed by atoms with Gasteiger partial charge in [-0.25, -0.2) is 0 Å². The quantitative estimate of drug-likeness (QED) is 0.330. The third kappa shape index (κ3) is 2.85. The summed E-state index contributed by atoms with van der Waals surface area (Å²) >= 11 is 6.36. The Morgan fingerprint density at radius 3 is 2.73 bits per heavy atom. The maximum atomic E-state index is 12.5. The fraction of sp³-hybridized carbons (Fsp3) is 0.136. The van der Waals surface area contributed by atoms with E-state index in [2.05, 4.69) is 0 Å². The molecular weight excluding hydrogens is 348 g/mol. The molecule has 4 aromatic rings. The van der Waals surface area contributed by atoms with Crippen molar-refractivity contribution < 1.29 is 13.9 Å². The predicted octanol–water partition coefficient (Wildman–Crippen LogP) is 6.00. The van der Waals surface area contributed by atoms with Crippen LogP contribution in [0.4, 0.5) is 0 Å². The summed E-state index contributed by atoms with van der Waals surface area (Å²) < 4.78 is 11.3. The molecule has 0 amide bonds. The van der Waals surface area contributed by atoms with Crippen LogP contribution in [0.1, 0.15) is 16.7 Å². The molecule has 3 nitrogen and oxygen atoms in total. The minimum atomic E-state index is -0.333. The van der Waals surface area contributed by atoms with E-state index in [4.69, 9.17) is 20.8 Å². The van der Waals surface area contributed by atoms with Gasteiger partial charge in [-0.1, -0.05) is 48.0 Å². The van der Waals surface area contributed by atoms with Gasteiger partial charge in [-0.3, -0.25) is 4.79 Å². The highest BCUT2D eigenvalue weighted by atomic mass is 35.5. The Kier molecular flexibility index (Phi) is 4.17. The van der Waals surface area contributed by atoms with Crippen molar-refractivity contribution in [3.05, 3.63) is 76.5 Å². The van der Waals surface area contributed by atoms with Crippen LogP contribution in [0, 0.1) is 13.8 Å². The van der Waals surface area contributed by atoms with Crippen LogP contribution >= 0.6 is 11.6 Å². The molecule has 4 heteroatoms. The van der Waals surface area contributed by atoms with Crippen molar-refractivity contribution in [2.24, 2.45) is 0 Å². The molecular formula is C22H17ClO3. The molecule has 3 aromatic carbocycles. The first-order valence-electron chi connectivity index (χ1n) is 8.39. The molecule has 0 N–H and O–H groups in total. The number of fused-ring (bicyclic) bond motifs is 2. The molecule has 0 radical (unpaired) electrons. The van der Waals surface area contributed by atoms with Crippen LogP contribution in [-0.4, -0.2) is 5.97 Å². The molecule has 0 aliphatic carbocycles. The van der Waals surface area contributed by atoms with Crippen LogP contribution in [-0.2, 0) is 11.2 Å². The van der Waals surface area contributed by atoms with Gasteiger partial charge < -0.3 is 9.15 Å². The molecule has 0 aliphatic heterocycles. The second kappa shape index (κ2) is 6.50. The van der Waals surface area contributed by atoms with Gasteiger partial charge in [0.05, 0.1) is 12.7 Å². The molecule has 0 unspecified atom stereocenters. The molecule has 0 bridgehead atoms. The number of rotatable bonds is 3. The Morgan fingerprint density at radius 2 is 1.88 bits per heavy atom. The highest BCUT2D eigenvalue weighted by Crippen LogP contribution is 2.33. The lowest BCUT2D eigenvalue weighted by molar-refractivity contribution is -0.133. The lowest BCUT2D eigenvalue weighted by Gasteiger charge is -2.08. The van der Waals surface area contributed by atoms with Gasteiger partial charge in [0.1, 0.15) is 11.3 Å². The van der Waals surface area contributed by atoms with Crippen molar-refractivity contribution in [3.63, 3.8) is 0 Å². The van der Waals surface area contributed by atoms with Crippen molar-refractivity contribution in [2.75, 3.05) is 0 Å². The zero-order chi connectivity index (χ0) is 18.3. The van der Waals surface area contributed by atoms with Gasteiger partial charge in [-0.05, 0) is 42.5 Å². The van der Waals surface area contributed by atoms with Crippen LogP contribution in [0.25, 0.3) is 21.7 Å².